The molecule has 0 aliphatic carbocycles. The van der Waals surface area contributed by atoms with Crippen molar-refractivity contribution in [3.63, 3.8) is 0 Å². The fourth-order valence-electron chi connectivity index (χ4n) is 3.31. The maximum Gasteiger partial charge on any atom is 0.320 e. The average molecular weight is 498 g/mol. The zero-order chi connectivity index (χ0) is 25.3. The number of hydrogen-bond acceptors (Lipinski definition) is 7. The van der Waals surface area contributed by atoms with Gasteiger partial charge in [-0.2, -0.15) is 5.10 Å². The third-order valence-electron chi connectivity index (χ3n) is 5.17. The molecule has 35 heavy (non-hydrogen) atoms. The second-order valence-corrected chi connectivity index (χ2v) is 9.64. The van der Waals surface area contributed by atoms with Gasteiger partial charge >= 0.3 is 6.03 Å². The van der Waals surface area contributed by atoms with Gasteiger partial charge < -0.3 is 11.1 Å². The van der Waals surface area contributed by atoms with E-state index in [2.05, 4.69) is 20.4 Å². The summed E-state index contributed by atoms with van der Waals surface area (Å²) < 4.78 is 38.9. The first kappa shape index (κ1) is 23.8. The Bertz CT molecular complexity index is 1550. The van der Waals surface area contributed by atoms with Gasteiger partial charge in [-0.25, -0.2) is 27.3 Å². The van der Waals surface area contributed by atoms with E-state index in [1.807, 2.05) is 0 Å². The Morgan fingerprint density at radius 3 is 2.51 bits per heavy atom. The molecule has 3 N–H and O–H groups in total. The highest BCUT2D eigenvalue weighted by atomic mass is 32.2. The summed E-state index contributed by atoms with van der Waals surface area (Å²) in [6.45, 7) is -0.0635. The number of rotatable bonds is 6. The fourth-order valence-corrected chi connectivity index (χ4v) is 3.93. The number of urea groups is 1. The van der Waals surface area contributed by atoms with Crippen LogP contribution in [-0.2, 0) is 16.4 Å². The maximum atomic E-state index is 13.3. The molecule has 3 amide bonds. The standard InChI is InChI=1S/C22H20FN7O4S/c1-29(22(24)32)19-7-13(8-20(28-19)35(2,33)34)9-26-21(31)17-10-25-12-18-16(17)11-27-30(18)15-5-3-14(23)4-6-15/h3-8,10-12H,9H2,1-2H3,(H2,24,32)(H,26,31). The number of aromatic nitrogens is 4. The topological polar surface area (TPSA) is 153 Å². The number of primary amides is 1. The highest BCUT2D eigenvalue weighted by molar-refractivity contribution is 7.90. The van der Waals surface area contributed by atoms with Crippen LogP contribution >= 0.6 is 0 Å². The van der Waals surface area contributed by atoms with Gasteiger partial charge in [-0.1, -0.05) is 0 Å². The SMILES string of the molecule is CN(C(N)=O)c1cc(CNC(=O)c2cncc3c2cnn3-c2ccc(F)cc2)cc(S(C)(=O)=O)n1. The number of carbonyl (C=O) groups is 2. The lowest BCUT2D eigenvalue weighted by atomic mass is 10.1. The Morgan fingerprint density at radius 1 is 1.14 bits per heavy atom. The second kappa shape index (κ2) is 9.10. The second-order valence-electron chi connectivity index (χ2n) is 7.68. The lowest BCUT2D eigenvalue weighted by molar-refractivity contribution is 0.0952. The van der Waals surface area contributed by atoms with E-state index >= 15 is 0 Å². The molecule has 0 saturated heterocycles. The number of pyridine rings is 2. The molecule has 0 saturated carbocycles. The first-order valence-corrected chi connectivity index (χ1v) is 12.0. The predicted molar refractivity (Wildman–Crippen MR) is 125 cm³/mol. The molecule has 13 heteroatoms. The molecule has 0 fully saturated rings. The van der Waals surface area contributed by atoms with Gasteiger partial charge in [-0.15, -0.1) is 0 Å². The van der Waals surface area contributed by atoms with Crippen molar-refractivity contribution in [3.8, 4) is 5.69 Å². The van der Waals surface area contributed by atoms with Crippen LogP contribution in [0.1, 0.15) is 15.9 Å². The number of benzene rings is 1. The van der Waals surface area contributed by atoms with Crippen LogP contribution in [0.15, 0.2) is 60.0 Å². The molecule has 0 bridgehead atoms. The van der Waals surface area contributed by atoms with Gasteiger partial charge in [0.2, 0.25) is 0 Å². The molecule has 1 aromatic carbocycles. The molecule has 0 radical (unpaired) electrons. The van der Waals surface area contributed by atoms with Crippen molar-refractivity contribution in [2.24, 2.45) is 5.73 Å². The number of anilines is 1. The summed E-state index contributed by atoms with van der Waals surface area (Å²) in [5, 5.41) is 7.26. The smallest absolute Gasteiger partial charge is 0.320 e. The largest absolute Gasteiger partial charge is 0.351 e. The maximum absolute atomic E-state index is 13.3. The van der Waals surface area contributed by atoms with Crippen LogP contribution in [0.5, 0.6) is 0 Å². The predicted octanol–water partition coefficient (Wildman–Crippen LogP) is 1.80. The highest BCUT2D eigenvalue weighted by Gasteiger charge is 2.18. The van der Waals surface area contributed by atoms with Crippen molar-refractivity contribution in [1.82, 2.24) is 25.1 Å². The highest BCUT2D eigenvalue weighted by Crippen LogP contribution is 2.22. The molecule has 0 spiro atoms. The van der Waals surface area contributed by atoms with Crippen LogP contribution < -0.4 is 16.0 Å². The van der Waals surface area contributed by atoms with Crippen LogP contribution in [0.25, 0.3) is 16.6 Å². The van der Waals surface area contributed by atoms with E-state index in [4.69, 9.17) is 5.73 Å². The van der Waals surface area contributed by atoms with Crippen LogP contribution in [0.3, 0.4) is 0 Å². The molecular formula is C22H20FN7O4S. The van der Waals surface area contributed by atoms with Gasteiger partial charge in [-0.05, 0) is 42.0 Å². The Labute approximate surface area is 199 Å². The number of amides is 3. The lowest BCUT2D eigenvalue weighted by Crippen LogP contribution is -2.33. The van der Waals surface area contributed by atoms with Crippen LogP contribution in [0, 0.1) is 5.82 Å². The zero-order valence-electron chi connectivity index (χ0n) is 18.6. The van der Waals surface area contributed by atoms with Crippen LogP contribution in [0.2, 0.25) is 0 Å². The molecule has 11 nitrogen and oxygen atoms in total. The lowest BCUT2D eigenvalue weighted by Gasteiger charge is -2.16. The van der Waals surface area contributed by atoms with Gasteiger partial charge in [0, 0.05) is 31.4 Å². The first-order valence-electron chi connectivity index (χ1n) is 10.1. The molecule has 0 aliphatic heterocycles. The minimum absolute atomic E-state index is 0.0222. The van der Waals surface area contributed by atoms with Crippen molar-refractivity contribution in [3.05, 3.63) is 71.9 Å². The number of hydrogen-bond donors (Lipinski definition) is 2. The number of nitrogens with two attached hydrogens (primary N) is 1. The molecule has 4 aromatic rings. The molecule has 0 unspecified atom stereocenters. The first-order chi connectivity index (χ1) is 16.5. The van der Waals surface area contributed by atoms with E-state index in [9.17, 15) is 22.4 Å². The third-order valence-corrected chi connectivity index (χ3v) is 6.14. The number of nitrogens with zero attached hydrogens (tertiary/aromatic N) is 5. The minimum atomic E-state index is -3.70. The summed E-state index contributed by atoms with van der Waals surface area (Å²) in [6, 6.07) is 7.64. The van der Waals surface area contributed by atoms with E-state index in [-0.39, 0.29) is 28.8 Å². The molecule has 0 aliphatic rings. The Hall–Kier alpha value is -4.39. The van der Waals surface area contributed by atoms with Gasteiger partial charge in [0.05, 0.1) is 29.2 Å². The Balaban J connectivity index is 1.62. The van der Waals surface area contributed by atoms with E-state index in [0.717, 1.165) is 11.2 Å². The summed E-state index contributed by atoms with van der Waals surface area (Å²) in [7, 11) is -2.35. The summed E-state index contributed by atoms with van der Waals surface area (Å²) >= 11 is 0. The Morgan fingerprint density at radius 2 is 1.86 bits per heavy atom. The number of halogens is 1. The van der Waals surface area contributed by atoms with E-state index < -0.39 is 21.8 Å². The van der Waals surface area contributed by atoms with Gasteiger partial charge in [0.25, 0.3) is 5.91 Å². The minimum Gasteiger partial charge on any atom is -0.351 e. The molecule has 3 aromatic heterocycles. The monoisotopic (exact) mass is 497 g/mol. The van der Waals surface area contributed by atoms with Crippen molar-refractivity contribution < 1.29 is 22.4 Å². The molecule has 3 heterocycles. The van der Waals surface area contributed by atoms with Crippen molar-refractivity contribution in [1.29, 1.82) is 0 Å². The molecule has 0 atom stereocenters. The van der Waals surface area contributed by atoms with E-state index in [1.165, 1.54) is 54.6 Å². The summed E-state index contributed by atoms with van der Waals surface area (Å²) in [6.07, 6.45) is 5.41. The average Bonchev–Trinajstić information content (AvgIpc) is 3.26. The summed E-state index contributed by atoms with van der Waals surface area (Å²) in [4.78, 5) is 33.6. The number of sulfone groups is 1. The number of nitrogens with one attached hydrogen (secondary N) is 1. The van der Waals surface area contributed by atoms with Crippen LogP contribution in [-0.4, -0.2) is 53.4 Å². The van der Waals surface area contributed by atoms with E-state index in [0.29, 0.717) is 22.2 Å². The molecule has 4 rings (SSSR count). The van der Waals surface area contributed by atoms with Crippen molar-refractivity contribution >= 4 is 38.5 Å². The van der Waals surface area contributed by atoms with Gasteiger partial charge in [-0.3, -0.25) is 14.7 Å². The third kappa shape index (κ3) is 4.94. The normalized spacial score (nSPS) is 11.4. The van der Waals surface area contributed by atoms with Gasteiger partial charge in [0.1, 0.15) is 11.6 Å². The molecular weight excluding hydrogens is 477 g/mol. The number of fused-ring (bicyclic) bond motifs is 1. The number of carbonyl (C=O) groups excluding carboxylic acids is 2. The van der Waals surface area contributed by atoms with Crippen molar-refractivity contribution in [2.45, 2.75) is 11.6 Å². The summed E-state index contributed by atoms with van der Waals surface area (Å²) in [5.74, 6) is -0.845. The molecule has 180 valence electrons. The zero-order valence-corrected chi connectivity index (χ0v) is 19.5. The fraction of sp³-hybridized carbons (Fsp3) is 0.136. The van der Waals surface area contributed by atoms with Crippen molar-refractivity contribution in [2.75, 3.05) is 18.2 Å². The van der Waals surface area contributed by atoms with E-state index in [1.54, 1.807) is 12.1 Å². The quantitative estimate of drug-likeness (QED) is 0.412. The van der Waals surface area contributed by atoms with Crippen LogP contribution in [0.4, 0.5) is 15.0 Å². The Kier molecular flexibility index (Phi) is 6.18. The summed E-state index contributed by atoms with van der Waals surface area (Å²) in [5.41, 5.74) is 7.03. The van der Waals surface area contributed by atoms with Gasteiger partial charge in [0.15, 0.2) is 14.9 Å².